The minimum absolute atomic E-state index is 0.0740. The molecule has 1 atom stereocenters. The monoisotopic (exact) mass is 352 g/mol. The topological polar surface area (TPSA) is 100 Å². The van der Waals surface area contributed by atoms with Crippen molar-refractivity contribution in [3.05, 3.63) is 35.8 Å². The number of aromatic nitrogens is 1. The highest BCUT2D eigenvalue weighted by Gasteiger charge is 2.22. The van der Waals surface area contributed by atoms with Crippen LogP contribution >= 0.6 is 11.3 Å². The highest BCUT2D eigenvalue weighted by Crippen LogP contribution is 2.21. The fourth-order valence-corrected chi connectivity index (χ4v) is 4.16. The lowest BCUT2D eigenvalue weighted by molar-refractivity contribution is -0.117. The Morgan fingerprint density at radius 3 is 2.96 bits per heavy atom. The quantitative estimate of drug-likeness (QED) is 0.759. The van der Waals surface area contributed by atoms with Crippen LogP contribution in [0.3, 0.4) is 0 Å². The summed E-state index contributed by atoms with van der Waals surface area (Å²) >= 11 is 1.20. The Morgan fingerprint density at radius 1 is 1.39 bits per heavy atom. The molecule has 0 radical (unpaired) electrons. The van der Waals surface area contributed by atoms with Gasteiger partial charge in [0.15, 0.2) is 5.13 Å². The molecule has 2 heterocycles. The molecule has 1 aliphatic heterocycles. The molecular formula is C14H16N4O3S2. The van der Waals surface area contributed by atoms with Gasteiger partial charge in [0.1, 0.15) is 0 Å². The Hall–Kier alpha value is -1.97. The SMILES string of the molecule is O=C(Nc1cccc(S(=O)(=O)Nc2nccs2)c1)C1CCCN1. The van der Waals surface area contributed by atoms with Crippen LogP contribution in [0, 0.1) is 0 Å². The minimum Gasteiger partial charge on any atom is -0.325 e. The second-order valence-corrected chi connectivity index (χ2v) is 7.69. The summed E-state index contributed by atoms with van der Waals surface area (Å²) in [5.74, 6) is -0.148. The van der Waals surface area contributed by atoms with Crippen LogP contribution in [0.2, 0.25) is 0 Å². The summed E-state index contributed by atoms with van der Waals surface area (Å²) in [6.07, 6.45) is 3.27. The third kappa shape index (κ3) is 3.87. The summed E-state index contributed by atoms with van der Waals surface area (Å²) in [6, 6.07) is 5.94. The van der Waals surface area contributed by atoms with E-state index in [-0.39, 0.29) is 16.8 Å². The Kier molecular flexibility index (Phi) is 4.60. The maximum atomic E-state index is 12.3. The summed E-state index contributed by atoms with van der Waals surface area (Å²) < 4.78 is 27.1. The van der Waals surface area contributed by atoms with Crippen LogP contribution in [-0.2, 0) is 14.8 Å². The molecule has 1 aromatic carbocycles. The zero-order valence-corrected chi connectivity index (χ0v) is 13.8. The van der Waals surface area contributed by atoms with E-state index in [0.717, 1.165) is 19.4 Å². The lowest BCUT2D eigenvalue weighted by atomic mass is 10.2. The van der Waals surface area contributed by atoms with E-state index in [2.05, 4.69) is 20.3 Å². The molecule has 1 saturated heterocycles. The van der Waals surface area contributed by atoms with Gasteiger partial charge in [0.25, 0.3) is 10.0 Å². The molecule has 3 rings (SSSR count). The summed E-state index contributed by atoms with van der Waals surface area (Å²) in [7, 11) is -3.73. The van der Waals surface area contributed by atoms with Crippen LogP contribution < -0.4 is 15.4 Å². The Morgan fingerprint density at radius 2 is 2.26 bits per heavy atom. The number of carbonyl (C=O) groups excluding carboxylic acids is 1. The number of carbonyl (C=O) groups is 1. The van der Waals surface area contributed by atoms with Crippen LogP contribution in [0.4, 0.5) is 10.8 Å². The van der Waals surface area contributed by atoms with E-state index in [1.165, 1.54) is 29.7 Å². The van der Waals surface area contributed by atoms with E-state index in [0.29, 0.717) is 10.8 Å². The third-order valence-corrected chi connectivity index (χ3v) is 5.60. The van der Waals surface area contributed by atoms with Crippen LogP contribution in [-0.4, -0.2) is 31.9 Å². The van der Waals surface area contributed by atoms with Gasteiger partial charge in [0.05, 0.1) is 10.9 Å². The number of nitrogens with zero attached hydrogens (tertiary/aromatic N) is 1. The van der Waals surface area contributed by atoms with Gasteiger partial charge in [-0.15, -0.1) is 11.3 Å². The van der Waals surface area contributed by atoms with Crippen LogP contribution in [0.1, 0.15) is 12.8 Å². The van der Waals surface area contributed by atoms with Crippen molar-refractivity contribution in [3.8, 4) is 0 Å². The molecule has 1 amide bonds. The van der Waals surface area contributed by atoms with Gasteiger partial charge >= 0.3 is 0 Å². The molecule has 0 aliphatic carbocycles. The zero-order valence-electron chi connectivity index (χ0n) is 12.2. The number of amides is 1. The lowest BCUT2D eigenvalue weighted by Gasteiger charge is -2.12. The molecule has 1 aliphatic rings. The Balaban J connectivity index is 1.75. The first-order chi connectivity index (χ1) is 11.0. The first kappa shape index (κ1) is 15.9. The average Bonchev–Trinajstić information content (AvgIpc) is 3.20. The molecule has 2 aromatic rings. The van der Waals surface area contributed by atoms with Crippen LogP contribution in [0.5, 0.6) is 0 Å². The van der Waals surface area contributed by atoms with Gasteiger partial charge in [-0.3, -0.25) is 9.52 Å². The normalized spacial score (nSPS) is 17.8. The van der Waals surface area contributed by atoms with Crippen LogP contribution in [0.15, 0.2) is 40.7 Å². The number of nitrogens with one attached hydrogen (secondary N) is 3. The van der Waals surface area contributed by atoms with E-state index in [1.54, 1.807) is 17.5 Å². The fourth-order valence-electron chi connectivity index (χ4n) is 2.33. The maximum absolute atomic E-state index is 12.3. The summed E-state index contributed by atoms with van der Waals surface area (Å²) in [4.78, 5) is 16.1. The number of anilines is 2. The van der Waals surface area contributed by atoms with E-state index in [4.69, 9.17) is 0 Å². The average molecular weight is 352 g/mol. The van der Waals surface area contributed by atoms with Gasteiger partial charge < -0.3 is 10.6 Å². The van der Waals surface area contributed by atoms with Gasteiger partial charge in [0, 0.05) is 17.3 Å². The van der Waals surface area contributed by atoms with E-state index < -0.39 is 10.0 Å². The molecule has 122 valence electrons. The second-order valence-electron chi connectivity index (χ2n) is 5.11. The summed E-state index contributed by atoms with van der Waals surface area (Å²) in [5, 5.41) is 7.83. The van der Waals surface area contributed by atoms with Gasteiger partial charge in [-0.25, -0.2) is 13.4 Å². The summed E-state index contributed by atoms with van der Waals surface area (Å²) in [5.41, 5.74) is 0.450. The van der Waals surface area contributed by atoms with E-state index in [9.17, 15) is 13.2 Å². The molecule has 0 spiro atoms. The Bertz CT molecular complexity index is 784. The first-order valence-corrected chi connectivity index (χ1v) is 9.47. The number of hydrogen-bond donors (Lipinski definition) is 3. The van der Waals surface area contributed by atoms with Gasteiger partial charge in [-0.2, -0.15) is 0 Å². The van der Waals surface area contributed by atoms with Gasteiger partial charge in [0.2, 0.25) is 5.91 Å². The van der Waals surface area contributed by atoms with Crippen molar-refractivity contribution >= 4 is 38.1 Å². The lowest BCUT2D eigenvalue weighted by Crippen LogP contribution is -2.35. The van der Waals surface area contributed by atoms with Crippen molar-refractivity contribution in [2.45, 2.75) is 23.8 Å². The molecule has 0 bridgehead atoms. The zero-order chi connectivity index (χ0) is 16.3. The van der Waals surface area contributed by atoms with Gasteiger partial charge in [-0.1, -0.05) is 6.07 Å². The number of rotatable bonds is 5. The van der Waals surface area contributed by atoms with Crippen molar-refractivity contribution < 1.29 is 13.2 Å². The van der Waals surface area contributed by atoms with Crippen molar-refractivity contribution in [1.82, 2.24) is 10.3 Å². The second kappa shape index (κ2) is 6.65. The van der Waals surface area contributed by atoms with E-state index >= 15 is 0 Å². The molecule has 3 N–H and O–H groups in total. The number of hydrogen-bond acceptors (Lipinski definition) is 6. The summed E-state index contributed by atoms with van der Waals surface area (Å²) in [6.45, 7) is 0.824. The predicted octanol–water partition coefficient (Wildman–Crippen LogP) is 1.63. The van der Waals surface area contributed by atoms with Crippen LogP contribution in [0.25, 0.3) is 0 Å². The molecule has 1 aromatic heterocycles. The van der Waals surface area contributed by atoms with Crippen molar-refractivity contribution in [3.63, 3.8) is 0 Å². The van der Waals surface area contributed by atoms with Crippen molar-refractivity contribution in [1.29, 1.82) is 0 Å². The van der Waals surface area contributed by atoms with Crippen molar-refractivity contribution in [2.24, 2.45) is 0 Å². The standard InChI is InChI=1S/C14H16N4O3S2/c19-13(12-5-2-6-15-12)17-10-3-1-4-11(9-10)23(20,21)18-14-16-7-8-22-14/h1,3-4,7-9,12,15H,2,5-6H2,(H,16,18)(H,17,19). The Labute approximate surface area is 138 Å². The smallest absolute Gasteiger partial charge is 0.263 e. The number of sulfonamides is 1. The first-order valence-electron chi connectivity index (χ1n) is 7.11. The molecule has 1 fully saturated rings. The molecule has 23 heavy (non-hydrogen) atoms. The van der Waals surface area contributed by atoms with E-state index in [1.807, 2.05) is 0 Å². The number of benzene rings is 1. The van der Waals surface area contributed by atoms with Gasteiger partial charge in [-0.05, 0) is 37.6 Å². The minimum atomic E-state index is -3.73. The highest BCUT2D eigenvalue weighted by atomic mass is 32.2. The molecule has 9 heteroatoms. The molecule has 0 saturated carbocycles. The third-order valence-electron chi connectivity index (χ3n) is 3.44. The number of thiazole rings is 1. The molecular weight excluding hydrogens is 336 g/mol. The largest absolute Gasteiger partial charge is 0.325 e. The highest BCUT2D eigenvalue weighted by molar-refractivity contribution is 7.93. The van der Waals surface area contributed by atoms with Crippen molar-refractivity contribution in [2.75, 3.05) is 16.6 Å². The predicted molar refractivity (Wildman–Crippen MR) is 89.0 cm³/mol. The molecule has 7 nitrogen and oxygen atoms in total. The maximum Gasteiger partial charge on any atom is 0.263 e. The fraction of sp³-hybridized carbons (Fsp3) is 0.286. The molecule has 1 unspecified atom stereocenters.